The van der Waals surface area contributed by atoms with E-state index in [0.29, 0.717) is 0 Å². The highest BCUT2D eigenvalue weighted by Crippen LogP contribution is 1.95. The SMILES string of the molecule is C=CN(/C=C\C)CCCC. The number of nitrogens with zero attached hydrogens (tertiary/aromatic N) is 1. The summed E-state index contributed by atoms with van der Waals surface area (Å²) in [5.41, 5.74) is 0. The first-order valence-corrected chi connectivity index (χ1v) is 3.86. The van der Waals surface area contributed by atoms with Crippen LogP contribution in [0.5, 0.6) is 0 Å². The monoisotopic (exact) mass is 139 g/mol. The minimum atomic E-state index is 1.09. The van der Waals surface area contributed by atoms with E-state index in [1.165, 1.54) is 12.8 Å². The molecule has 58 valence electrons. The molecule has 0 unspecified atom stereocenters. The molecule has 0 radical (unpaired) electrons. The van der Waals surface area contributed by atoms with E-state index in [1.54, 1.807) is 0 Å². The van der Waals surface area contributed by atoms with Crippen molar-refractivity contribution >= 4 is 0 Å². The third-order valence-corrected chi connectivity index (χ3v) is 1.34. The predicted molar refractivity (Wildman–Crippen MR) is 46.6 cm³/mol. The fourth-order valence-corrected chi connectivity index (χ4v) is 0.759. The van der Waals surface area contributed by atoms with Crippen LogP contribution in [0, 0.1) is 0 Å². The van der Waals surface area contributed by atoms with Crippen LogP contribution in [0.2, 0.25) is 0 Å². The normalized spacial score (nSPS) is 10.2. The van der Waals surface area contributed by atoms with Crippen molar-refractivity contribution in [1.29, 1.82) is 0 Å². The van der Waals surface area contributed by atoms with Crippen LogP contribution < -0.4 is 0 Å². The van der Waals surface area contributed by atoms with Gasteiger partial charge in [-0.3, -0.25) is 0 Å². The van der Waals surface area contributed by atoms with Crippen molar-refractivity contribution in [2.24, 2.45) is 0 Å². The van der Waals surface area contributed by atoms with Gasteiger partial charge in [-0.25, -0.2) is 0 Å². The van der Waals surface area contributed by atoms with Crippen LogP contribution in [0.1, 0.15) is 26.7 Å². The molecule has 0 rings (SSSR count). The van der Waals surface area contributed by atoms with Gasteiger partial charge in [-0.1, -0.05) is 26.0 Å². The molecule has 0 atom stereocenters. The lowest BCUT2D eigenvalue weighted by Crippen LogP contribution is -2.09. The highest BCUT2D eigenvalue weighted by Gasteiger charge is 1.88. The third kappa shape index (κ3) is 4.19. The first-order chi connectivity index (χ1) is 4.85. The van der Waals surface area contributed by atoms with Crippen LogP contribution in [-0.2, 0) is 0 Å². The second kappa shape index (κ2) is 6.40. The van der Waals surface area contributed by atoms with E-state index in [0.717, 1.165) is 6.54 Å². The zero-order valence-electron chi connectivity index (χ0n) is 7.01. The molecule has 0 aromatic carbocycles. The highest BCUT2D eigenvalue weighted by atomic mass is 15.1. The quantitative estimate of drug-likeness (QED) is 0.566. The summed E-state index contributed by atoms with van der Waals surface area (Å²) in [7, 11) is 0. The summed E-state index contributed by atoms with van der Waals surface area (Å²) in [4.78, 5) is 2.10. The van der Waals surface area contributed by atoms with Gasteiger partial charge in [0.15, 0.2) is 0 Å². The molecule has 0 saturated heterocycles. The summed E-state index contributed by atoms with van der Waals surface area (Å²) in [6.45, 7) is 9.00. The Bertz CT molecular complexity index is 105. The van der Waals surface area contributed by atoms with Gasteiger partial charge in [0.2, 0.25) is 0 Å². The Morgan fingerprint density at radius 3 is 2.60 bits per heavy atom. The summed E-state index contributed by atoms with van der Waals surface area (Å²) < 4.78 is 0. The Hall–Kier alpha value is -0.720. The molecular weight excluding hydrogens is 122 g/mol. The third-order valence-electron chi connectivity index (χ3n) is 1.34. The van der Waals surface area contributed by atoms with Crippen molar-refractivity contribution < 1.29 is 0 Å². The van der Waals surface area contributed by atoms with Crippen molar-refractivity contribution in [3.63, 3.8) is 0 Å². The van der Waals surface area contributed by atoms with Gasteiger partial charge in [0.05, 0.1) is 0 Å². The Kier molecular flexibility index (Phi) is 5.94. The largest absolute Gasteiger partial charge is 0.355 e. The summed E-state index contributed by atoms with van der Waals surface area (Å²) in [5, 5.41) is 0. The van der Waals surface area contributed by atoms with Crippen LogP contribution in [-0.4, -0.2) is 11.4 Å². The molecular formula is C9H17N. The van der Waals surface area contributed by atoms with E-state index in [9.17, 15) is 0 Å². The minimum Gasteiger partial charge on any atom is -0.355 e. The molecule has 0 N–H and O–H groups in total. The number of rotatable bonds is 5. The molecule has 1 heteroatoms. The number of hydrogen-bond acceptors (Lipinski definition) is 1. The van der Waals surface area contributed by atoms with E-state index < -0.39 is 0 Å². The second-order valence-corrected chi connectivity index (χ2v) is 2.26. The second-order valence-electron chi connectivity index (χ2n) is 2.26. The van der Waals surface area contributed by atoms with Crippen LogP contribution in [0.25, 0.3) is 0 Å². The van der Waals surface area contributed by atoms with E-state index in [4.69, 9.17) is 0 Å². The van der Waals surface area contributed by atoms with Crippen molar-refractivity contribution in [1.82, 2.24) is 4.90 Å². The summed E-state index contributed by atoms with van der Waals surface area (Å²) in [5.74, 6) is 0. The molecule has 10 heavy (non-hydrogen) atoms. The molecule has 0 saturated carbocycles. The molecule has 0 aliphatic rings. The Morgan fingerprint density at radius 1 is 1.50 bits per heavy atom. The van der Waals surface area contributed by atoms with Crippen molar-refractivity contribution in [3.8, 4) is 0 Å². The van der Waals surface area contributed by atoms with E-state index in [1.807, 2.05) is 25.4 Å². The number of allylic oxidation sites excluding steroid dienone is 1. The lowest BCUT2D eigenvalue weighted by atomic mass is 10.3. The first kappa shape index (κ1) is 9.28. The van der Waals surface area contributed by atoms with E-state index in [-0.39, 0.29) is 0 Å². The molecule has 0 fully saturated rings. The van der Waals surface area contributed by atoms with E-state index in [2.05, 4.69) is 18.4 Å². The van der Waals surface area contributed by atoms with Gasteiger partial charge in [0, 0.05) is 6.54 Å². The molecule has 0 spiro atoms. The topological polar surface area (TPSA) is 3.24 Å². The van der Waals surface area contributed by atoms with Gasteiger partial charge in [0.25, 0.3) is 0 Å². The van der Waals surface area contributed by atoms with Gasteiger partial charge < -0.3 is 4.90 Å². The summed E-state index contributed by atoms with van der Waals surface area (Å²) >= 11 is 0. The summed E-state index contributed by atoms with van der Waals surface area (Å²) in [6.07, 6.45) is 8.40. The van der Waals surface area contributed by atoms with Gasteiger partial charge in [-0.15, -0.1) is 0 Å². The first-order valence-electron chi connectivity index (χ1n) is 3.86. The average Bonchev–Trinajstić information content (AvgIpc) is 1.98. The molecule has 0 aliphatic carbocycles. The Balaban J connectivity index is 3.49. The Labute approximate surface area is 64.0 Å². The van der Waals surface area contributed by atoms with Gasteiger partial charge in [0.1, 0.15) is 0 Å². The van der Waals surface area contributed by atoms with Gasteiger partial charge in [-0.2, -0.15) is 0 Å². The van der Waals surface area contributed by atoms with Crippen molar-refractivity contribution in [2.75, 3.05) is 6.54 Å². The van der Waals surface area contributed by atoms with Crippen LogP contribution in [0.15, 0.2) is 25.1 Å². The highest BCUT2D eigenvalue weighted by molar-refractivity contribution is 4.84. The summed E-state index contributed by atoms with van der Waals surface area (Å²) in [6, 6.07) is 0. The maximum Gasteiger partial charge on any atom is 0.0219 e. The number of hydrogen-bond donors (Lipinski definition) is 0. The van der Waals surface area contributed by atoms with Crippen molar-refractivity contribution in [2.45, 2.75) is 26.7 Å². The van der Waals surface area contributed by atoms with Gasteiger partial charge in [-0.05, 0) is 25.7 Å². The lowest BCUT2D eigenvalue weighted by Gasteiger charge is -2.12. The smallest absolute Gasteiger partial charge is 0.0219 e. The maximum atomic E-state index is 3.71. The van der Waals surface area contributed by atoms with E-state index >= 15 is 0 Å². The molecule has 0 bridgehead atoms. The molecule has 1 nitrogen and oxygen atoms in total. The number of unbranched alkanes of at least 4 members (excludes halogenated alkanes) is 1. The fraction of sp³-hybridized carbons (Fsp3) is 0.556. The molecule has 0 aromatic rings. The minimum absolute atomic E-state index is 1.09. The zero-order chi connectivity index (χ0) is 7.82. The van der Waals surface area contributed by atoms with Crippen LogP contribution in [0.4, 0.5) is 0 Å². The Morgan fingerprint density at radius 2 is 2.20 bits per heavy atom. The van der Waals surface area contributed by atoms with Crippen LogP contribution >= 0.6 is 0 Å². The standard InChI is InChI=1S/C9H17N/c1-4-7-9-10(6-3)8-5-2/h5-6,8H,3-4,7,9H2,1-2H3/b8-5-. The van der Waals surface area contributed by atoms with Crippen LogP contribution in [0.3, 0.4) is 0 Å². The average molecular weight is 139 g/mol. The fourth-order valence-electron chi connectivity index (χ4n) is 0.759. The molecule has 0 aliphatic heterocycles. The molecule has 0 amide bonds. The lowest BCUT2D eigenvalue weighted by molar-refractivity contribution is 0.486. The maximum absolute atomic E-state index is 3.71. The zero-order valence-corrected chi connectivity index (χ0v) is 7.01. The molecule has 0 aromatic heterocycles. The van der Waals surface area contributed by atoms with Gasteiger partial charge >= 0.3 is 0 Å². The molecule has 0 heterocycles. The predicted octanol–water partition coefficient (Wildman–Crippen LogP) is 2.77. The van der Waals surface area contributed by atoms with Crippen molar-refractivity contribution in [3.05, 3.63) is 25.1 Å².